The van der Waals surface area contributed by atoms with E-state index >= 15 is 0 Å². The van der Waals surface area contributed by atoms with Crippen LogP contribution in [0.25, 0.3) is 16.7 Å². The third-order valence-electron chi connectivity index (χ3n) is 3.12. The molecule has 0 aliphatic heterocycles. The number of hydrogen-bond donors (Lipinski definition) is 1. The molecule has 1 heterocycles. The molecule has 5 nitrogen and oxygen atoms in total. The van der Waals surface area contributed by atoms with Gasteiger partial charge in [-0.3, -0.25) is 9.36 Å². The van der Waals surface area contributed by atoms with Gasteiger partial charge in [0.2, 0.25) is 6.41 Å². The Morgan fingerprint density at radius 3 is 2.90 bits per heavy atom. The molecule has 0 radical (unpaired) electrons. The van der Waals surface area contributed by atoms with Crippen LogP contribution in [-0.4, -0.2) is 23.1 Å². The molecule has 0 fully saturated rings. The van der Waals surface area contributed by atoms with Crippen LogP contribution in [0.3, 0.4) is 0 Å². The molecular formula is C15H13N3O2. The van der Waals surface area contributed by atoms with Gasteiger partial charge < -0.3 is 10.1 Å². The minimum Gasteiger partial charge on any atom is -0.494 e. The van der Waals surface area contributed by atoms with Crippen molar-refractivity contribution in [2.75, 3.05) is 12.4 Å². The van der Waals surface area contributed by atoms with Crippen LogP contribution in [0.2, 0.25) is 0 Å². The number of carbonyl (C=O) groups is 1. The van der Waals surface area contributed by atoms with Gasteiger partial charge >= 0.3 is 0 Å². The van der Waals surface area contributed by atoms with Crippen LogP contribution >= 0.6 is 0 Å². The standard InChI is InChI=1S/C15H13N3O2/c1-20-15-8-11(17-10-19)6-7-14(15)18-9-16-12-4-2-3-5-13(12)18/h2-10H,1H3,(H,17,19). The highest BCUT2D eigenvalue weighted by Crippen LogP contribution is 2.29. The first-order chi connectivity index (χ1) is 9.83. The van der Waals surface area contributed by atoms with Crippen molar-refractivity contribution in [3.8, 4) is 11.4 Å². The van der Waals surface area contributed by atoms with Crippen LogP contribution in [0.5, 0.6) is 5.75 Å². The van der Waals surface area contributed by atoms with Gasteiger partial charge in [0, 0.05) is 11.8 Å². The van der Waals surface area contributed by atoms with Gasteiger partial charge in [-0.2, -0.15) is 0 Å². The first kappa shape index (κ1) is 12.2. The van der Waals surface area contributed by atoms with Crippen LogP contribution in [0.1, 0.15) is 0 Å². The number of hydrogen-bond acceptors (Lipinski definition) is 3. The molecule has 20 heavy (non-hydrogen) atoms. The van der Waals surface area contributed by atoms with E-state index in [2.05, 4.69) is 10.3 Å². The SMILES string of the molecule is COc1cc(NC=O)ccc1-n1cnc2ccccc21. The van der Waals surface area contributed by atoms with Crippen molar-refractivity contribution in [3.63, 3.8) is 0 Å². The van der Waals surface area contributed by atoms with Crippen molar-refractivity contribution in [2.45, 2.75) is 0 Å². The molecule has 1 N–H and O–H groups in total. The van der Waals surface area contributed by atoms with E-state index in [1.807, 2.05) is 41.0 Å². The minimum absolute atomic E-state index is 0.640. The topological polar surface area (TPSA) is 56.1 Å². The van der Waals surface area contributed by atoms with E-state index in [0.717, 1.165) is 16.7 Å². The summed E-state index contributed by atoms with van der Waals surface area (Å²) in [6, 6.07) is 13.4. The van der Waals surface area contributed by atoms with Gasteiger partial charge in [0.25, 0.3) is 0 Å². The zero-order valence-corrected chi connectivity index (χ0v) is 10.9. The van der Waals surface area contributed by atoms with Crippen molar-refractivity contribution < 1.29 is 9.53 Å². The van der Waals surface area contributed by atoms with Crippen LogP contribution in [0.4, 0.5) is 5.69 Å². The molecule has 0 spiro atoms. The number of amides is 1. The Morgan fingerprint density at radius 2 is 2.10 bits per heavy atom. The lowest BCUT2D eigenvalue weighted by Crippen LogP contribution is -1.99. The van der Waals surface area contributed by atoms with E-state index in [1.54, 1.807) is 19.5 Å². The Labute approximate surface area is 115 Å². The number of carbonyl (C=O) groups excluding carboxylic acids is 1. The van der Waals surface area contributed by atoms with Gasteiger partial charge in [0.1, 0.15) is 12.1 Å². The van der Waals surface area contributed by atoms with Gasteiger partial charge in [-0.25, -0.2) is 4.98 Å². The predicted molar refractivity (Wildman–Crippen MR) is 77.3 cm³/mol. The molecule has 2 aromatic carbocycles. The predicted octanol–water partition coefficient (Wildman–Crippen LogP) is 2.60. The van der Waals surface area contributed by atoms with Crippen molar-refractivity contribution in [1.82, 2.24) is 9.55 Å². The lowest BCUT2D eigenvalue weighted by Gasteiger charge is -2.11. The third kappa shape index (κ3) is 1.99. The summed E-state index contributed by atoms with van der Waals surface area (Å²) < 4.78 is 7.36. The number of aromatic nitrogens is 2. The highest BCUT2D eigenvalue weighted by molar-refractivity contribution is 5.79. The van der Waals surface area contributed by atoms with Crippen LogP contribution in [0.15, 0.2) is 48.8 Å². The Balaban J connectivity index is 2.16. The second kappa shape index (κ2) is 5.05. The number of imidazole rings is 1. The maximum Gasteiger partial charge on any atom is 0.211 e. The van der Waals surface area contributed by atoms with Crippen LogP contribution in [0, 0.1) is 0 Å². The van der Waals surface area contributed by atoms with E-state index in [0.29, 0.717) is 17.8 Å². The van der Waals surface area contributed by atoms with E-state index in [4.69, 9.17) is 4.74 Å². The summed E-state index contributed by atoms with van der Waals surface area (Å²) in [6.45, 7) is 0. The van der Waals surface area contributed by atoms with Gasteiger partial charge in [0.05, 0.1) is 23.8 Å². The molecule has 0 unspecified atom stereocenters. The summed E-state index contributed by atoms with van der Waals surface area (Å²) in [5, 5.41) is 2.61. The Bertz CT molecular complexity index is 765. The van der Waals surface area contributed by atoms with Crippen LogP contribution in [-0.2, 0) is 4.79 Å². The van der Waals surface area contributed by atoms with Gasteiger partial charge in [-0.05, 0) is 24.3 Å². The smallest absolute Gasteiger partial charge is 0.211 e. The third-order valence-corrected chi connectivity index (χ3v) is 3.12. The number of rotatable bonds is 4. The molecule has 3 aromatic rings. The Kier molecular flexibility index (Phi) is 3.09. The minimum atomic E-state index is 0.640. The second-order valence-corrected chi connectivity index (χ2v) is 4.25. The highest BCUT2D eigenvalue weighted by atomic mass is 16.5. The Morgan fingerprint density at radius 1 is 1.25 bits per heavy atom. The van der Waals surface area contributed by atoms with Crippen molar-refractivity contribution >= 4 is 23.1 Å². The molecule has 100 valence electrons. The number of nitrogens with zero attached hydrogens (tertiary/aromatic N) is 2. The fourth-order valence-electron chi connectivity index (χ4n) is 2.19. The first-order valence-corrected chi connectivity index (χ1v) is 6.14. The number of para-hydroxylation sites is 2. The Hall–Kier alpha value is -2.82. The molecule has 1 aromatic heterocycles. The van der Waals surface area contributed by atoms with Crippen molar-refractivity contribution in [3.05, 3.63) is 48.8 Å². The molecule has 0 saturated heterocycles. The lowest BCUT2D eigenvalue weighted by molar-refractivity contribution is -0.105. The van der Waals surface area contributed by atoms with E-state index < -0.39 is 0 Å². The van der Waals surface area contributed by atoms with E-state index in [-0.39, 0.29) is 0 Å². The molecule has 0 saturated carbocycles. The molecule has 0 aliphatic rings. The van der Waals surface area contributed by atoms with Gasteiger partial charge in [-0.15, -0.1) is 0 Å². The zero-order valence-electron chi connectivity index (χ0n) is 10.9. The number of nitrogens with one attached hydrogen (secondary N) is 1. The maximum absolute atomic E-state index is 10.5. The molecule has 0 atom stereocenters. The normalized spacial score (nSPS) is 10.4. The summed E-state index contributed by atoms with van der Waals surface area (Å²) in [5.41, 5.74) is 3.48. The number of fused-ring (bicyclic) bond motifs is 1. The number of ether oxygens (including phenoxy) is 1. The largest absolute Gasteiger partial charge is 0.494 e. The summed E-state index contributed by atoms with van der Waals surface area (Å²) in [7, 11) is 1.60. The van der Waals surface area contributed by atoms with Gasteiger partial charge in [-0.1, -0.05) is 12.1 Å². The average Bonchev–Trinajstić information content (AvgIpc) is 2.91. The molecular weight excluding hydrogens is 254 g/mol. The summed E-state index contributed by atoms with van der Waals surface area (Å²) in [5.74, 6) is 0.667. The lowest BCUT2D eigenvalue weighted by atomic mass is 10.2. The average molecular weight is 267 g/mol. The number of benzene rings is 2. The van der Waals surface area contributed by atoms with Crippen LogP contribution < -0.4 is 10.1 Å². The summed E-state index contributed by atoms with van der Waals surface area (Å²) in [6.07, 6.45) is 2.40. The van der Waals surface area contributed by atoms with E-state index in [1.165, 1.54) is 0 Å². The molecule has 1 amide bonds. The molecule has 5 heteroatoms. The monoisotopic (exact) mass is 267 g/mol. The second-order valence-electron chi connectivity index (χ2n) is 4.25. The maximum atomic E-state index is 10.5. The van der Waals surface area contributed by atoms with Crippen molar-refractivity contribution in [1.29, 1.82) is 0 Å². The van der Waals surface area contributed by atoms with Gasteiger partial charge in [0.15, 0.2) is 0 Å². The van der Waals surface area contributed by atoms with Crippen molar-refractivity contribution in [2.24, 2.45) is 0 Å². The fraction of sp³-hybridized carbons (Fsp3) is 0.0667. The highest BCUT2D eigenvalue weighted by Gasteiger charge is 2.09. The quantitative estimate of drug-likeness (QED) is 0.739. The molecule has 0 bridgehead atoms. The molecule has 0 aliphatic carbocycles. The first-order valence-electron chi connectivity index (χ1n) is 6.14. The fourth-order valence-corrected chi connectivity index (χ4v) is 2.19. The zero-order chi connectivity index (χ0) is 13.9. The van der Waals surface area contributed by atoms with E-state index in [9.17, 15) is 4.79 Å². The summed E-state index contributed by atoms with van der Waals surface area (Å²) in [4.78, 5) is 14.9. The molecule has 3 rings (SSSR count). The number of anilines is 1. The number of methoxy groups -OCH3 is 1. The summed E-state index contributed by atoms with van der Waals surface area (Å²) >= 11 is 0.